The van der Waals surface area contributed by atoms with Crippen LogP contribution in [-0.4, -0.2) is 27.7 Å². The van der Waals surface area contributed by atoms with Gasteiger partial charge in [0.2, 0.25) is 5.91 Å². The second-order valence-electron chi connectivity index (χ2n) is 5.21. The highest BCUT2D eigenvalue weighted by Crippen LogP contribution is 2.26. The molecule has 106 valence electrons. The van der Waals surface area contributed by atoms with Crippen LogP contribution in [-0.2, 0) is 4.79 Å². The van der Waals surface area contributed by atoms with E-state index in [0.29, 0.717) is 0 Å². The largest absolute Gasteiger partial charge is 0.333 e. The van der Waals surface area contributed by atoms with Crippen LogP contribution < -0.4 is 10.6 Å². The molecule has 2 N–H and O–H groups in total. The Balaban J connectivity index is 2.47. The van der Waals surface area contributed by atoms with Gasteiger partial charge in [-0.2, -0.15) is 0 Å². The van der Waals surface area contributed by atoms with Gasteiger partial charge in [0.1, 0.15) is 0 Å². The van der Waals surface area contributed by atoms with E-state index in [1.54, 1.807) is 6.92 Å². The van der Waals surface area contributed by atoms with Gasteiger partial charge in [0.25, 0.3) is 0 Å². The lowest BCUT2D eigenvalue weighted by molar-refractivity contribution is -0.119. The van der Waals surface area contributed by atoms with E-state index in [0.717, 1.165) is 10.0 Å². The molecule has 0 aliphatic rings. The third kappa shape index (κ3) is 6.07. The first kappa shape index (κ1) is 16.0. The van der Waals surface area contributed by atoms with E-state index in [-0.39, 0.29) is 16.7 Å². The van der Waals surface area contributed by atoms with Crippen LogP contribution in [0.2, 0.25) is 0 Å². The number of carbonyl (C=O) groups excluding carboxylic acids is 2. The fourth-order valence-corrected chi connectivity index (χ4v) is 3.16. The summed E-state index contributed by atoms with van der Waals surface area (Å²) in [6.07, 6.45) is 0. The molecule has 3 amide bonds. The van der Waals surface area contributed by atoms with Gasteiger partial charge in [-0.1, -0.05) is 11.8 Å². The second-order valence-corrected chi connectivity index (χ2v) is 7.65. The predicted octanol–water partition coefficient (Wildman–Crippen LogP) is 2.56. The number of amides is 3. The van der Waals surface area contributed by atoms with Gasteiger partial charge in [0, 0.05) is 16.6 Å². The smallest absolute Gasteiger partial charge is 0.321 e. The Bertz CT molecular complexity index is 466. The topological polar surface area (TPSA) is 71.1 Å². The maximum Gasteiger partial charge on any atom is 0.321 e. The first-order chi connectivity index (χ1) is 8.67. The average molecular weight is 301 g/mol. The molecule has 0 saturated carbocycles. The Morgan fingerprint density at radius 3 is 2.53 bits per heavy atom. The van der Waals surface area contributed by atoms with E-state index in [9.17, 15) is 9.59 Å². The Morgan fingerprint density at radius 2 is 2.05 bits per heavy atom. The van der Waals surface area contributed by atoms with Crippen molar-refractivity contribution in [3.63, 3.8) is 0 Å². The summed E-state index contributed by atoms with van der Waals surface area (Å²) in [4.78, 5) is 27.7. The SMILES string of the molecule is Cc1csc(SC(C)C(=O)NC(=O)NC(C)(C)C)n1. The third-order valence-corrected chi connectivity index (χ3v) is 4.16. The first-order valence-corrected chi connectivity index (χ1v) is 7.65. The summed E-state index contributed by atoms with van der Waals surface area (Å²) in [6, 6.07) is -0.472. The van der Waals surface area contributed by atoms with Crippen LogP contribution >= 0.6 is 23.1 Å². The number of aromatic nitrogens is 1. The minimum Gasteiger partial charge on any atom is -0.333 e. The molecule has 5 nitrogen and oxygen atoms in total. The number of urea groups is 1. The van der Waals surface area contributed by atoms with Crippen molar-refractivity contribution in [2.75, 3.05) is 0 Å². The fourth-order valence-electron chi connectivity index (χ4n) is 1.18. The number of hydrogen-bond donors (Lipinski definition) is 2. The maximum absolute atomic E-state index is 11.8. The van der Waals surface area contributed by atoms with Gasteiger partial charge in [0.05, 0.1) is 5.25 Å². The second kappa shape index (κ2) is 6.38. The number of aryl methyl sites for hydroxylation is 1. The van der Waals surface area contributed by atoms with Crippen LogP contribution in [0.25, 0.3) is 0 Å². The van der Waals surface area contributed by atoms with Gasteiger partial charge in [-0.3, -0.25) is 10.1 Å². The molecule has 0 spiro atoms. The summed E-state index contributed by atoms with van der Waals surface area (Å²) >= 11 is 2.84. The summed E-state index contributed by atoms with van der Waals surface area (Å²) in [5, 5.41) is 6.58. The van der Waals surface area contributed by atoms with E-state index in [1.165, 1.54) is 23.1 Å². The lowest BCUT2D eigenvalue weighted by Crippen LogP contribution is -2.49. The molecule has 0 saturated heterocycles. The molecule has 0 bridgehead atoms. The monoisotopic (exact) mass is 301 g/mol. The van der Waals surface area contributed by atoms with Crippen molar-refractivity contribution in [1.29, 1.82) is 0 Å². The number of imide groups is 1. The molecule has 0 aliphatic heterocycles. The number of thiazole rings is 1. The highest BCUT2D eigenvalue weighted by Gasteiger charge is 2.20. The zero-order chi connectivity index (χ0) is 14.6. The van der Waals surface area contributed by atoms with Crippen molar-refractivity contribution < 1.29 is 9.59 Å². The Hall–Kier alpha value is -1.08. The van der Waals surface area contributed by atoms with Gasteiger partial charge >= 0.3 is 6.03 Å². The molecule has 0 radical (unpaired) electrons. The lowest BCUT2D eigenvalue weighted by Gasteiger charge is -2.21. The van der Waals surface area contributed by atoms with E-state index >= 15 is 0 Å². The predicted molar refractivity (Wildman–Crippen MR) is 78.6 cm³/mol. The minimum atomic E-state index is -0.472. The van der Waals surface area contributed by atoms with Crippen molar-refractivity contribution >= 4 is 35.0 Å². The highest BCUT2D eigenvalue weighted by atomic mass is 32.2. The first-order valence-electron chi connectivity index (χ1n) is 5.89. The summed E-state index contributed by atoms with van der Waals surface area (Å²) in [7, 11) is 0. The van der Waals surface area contributed by atoms with E-state index in [2.05, 4.69) is 15.6 Å². The molecule has 1 rings (SSSR count). The molecule has 19 heavy (non-hydrogen) atoms. The Kier molecular flexibility index (Phi) is 5.37. The highest BCUT2D eigenvalue weighted by molar-refractivity contribution is 8.02. The lowest BCUT2D eigenvalue weighted by atomic mass is 10.1. The molecule has 1 aromatic rings. The van der Waals surface area contributed by atoms with E-state index in [1.807, 2.05) is 33.1 Å². The molecule has 7 heteroatoms. The maximum atomic E-state index is 11.8. The summed E-state index contributed by atoms with van der Waals surface area (Å²) < 4.78 is 0.830. The normalized spacial score (nSPS) is 12.9. The van der Waals surface area contributed by atoms with E-state index in [4.69, 9.17) is 0 Å². The zero-order valence-electron chi connectivity index (χ0n) is 11.7. The number of hydrogen-bond acceptors (Lipinski definition) is 5. The van der Waals surface area contributed by atoms with Crippen molar-refractivity contribution in [1.82, 2.24) is 15.6 Å². The van der Waals surface area contributed by atoms with Crippen LogP contribution in [0, 0.1) is 6.92 Å². The van der Waals surface area contributed by atoms with Crippen molar-refractivity contribution in [3.05, 3.63) is 11.1 Å². The molecule has 1 aromatic heterocycles. The van der Waals surface area contributed by atoms with Crippen LogP contribution in [0.5, 0.6) is 0 Å². The molecule has 1 heterocycles. The number of carbonyl (C=O) groups is 2. The number of rotatable bonds is 3. The molecule has 1 unspecified atom stereocenters. The molecule has 1 atom stereocenters. The Labute approximate surface area is 121 Å². The summed E-state index contributed by atoms with van der Waals surface area (Å²) in [5.74, 6) is -0.320. The quantitative estimate of drug-likeness (QED) is 0.842. The molecular weight excluding hydrogens is 282 g/mol. The molecule has 0 aliphatic carbocycles. The van der Waals surface area contributed by atoms with Crippen LogP contribution in [0.3, 0.4) is 0 Å². The van der Waals surface area contributed by atoms with Gasteiger partial charge in [-0.15, -0.1) is 11.3 Å². The third-order valence-electron chi connectivity index (χ3n) is 1.97. The van der Waals surface area contributed by atoms with Crippen LogP contribution in [0.1, 0.15) is 33.4 Å². The number of nitrogens with one attached hydrogen (secondary N) is 2. The minimum absolute atomic E-state index is 0.320. The molecule has 0 fully saturated rings. The number of thioether (sulfide) groups is 1. The fraction of sp³-hybridized carbons (Fsp3) is 0.583. The van der Waals surface area contributed by atoms with E-state index < -0.39 is 6.03 Å². The van der Waals surface area contributed by atoms with Gasteiger partial charge in [-0.25, -0.2) is 9.78 Å². The van der Waals surface area contributed by atoms with Gasteiger partial charge in [0.15, 0.2) is 4.34 Å². The van der Waals surface area contributed by atoms with Gasteiger partial charge in [-0.05, 0) is 34.6 Å². The zero-order valence-corrected chi connectivity index (χ0v) is 13.4. The standard InChI is InChI=1S/C12H19N3O2S2/c1-7-6-18-11(13-7)19-8(2)9(16)14-10(17)15-12(3,4)5/h6,8H,1-5H3,(H2,14,15,16,17). The van der Waals surface area contributed by atoms with Crippen LogP contribution in [0.15, 0.2) is 9.72 Å². The van der Waals surface area contributed by atoms with Crippen molar-refractivity contribution in [2.45, 2.75) is 49.7 Å². The summed E-state index contributed by atoms with van der Waals surface area (Å²) in [6.45, 7) is 9.22. The summed E-state index contributed by atoms with van der Waals surface area (Å²) in [5.41, 5.74) is 0.568. The van der Waals surface area contributed by atoms with Crippen molar-refractivity contribution in [3.8, 4) is 0 Å². The van der Waals surface area contributed by atoms with Crippen LogP contribution in [0.4, 0.5) is 4.79 Å². The average Bonchev–Trinajstić information content (AvgIpc) is 2.60. The van der Waals surface area contributed by atoms with Crippen molar-refractivity contribution in [2.24, 2.45) is 0 Å². The van der Waals surface area contributed by atoms with Gasteiger partial charge < -0.3 is 5.32 Å². The number of nitrogens with zero attached hydrogens (tertiary/aromatic N) is 1. The molecule has 0 aromatic carbocycles. The molecular formula is C12H19N3O2S2. The Morgan fingerprint density at radius 1 is 1.42 bits per heavy atom.